The number of benzene rings is 1. The lowest BCUT2D eigenvalue weighted by molar-refractivity contribution is 0.0949. The van der Waals surface area contributed by atoms with E-state index < -0.39 is 0 Å². The summed E-state index contributed by atoms with van der Waals surface area (Å²) in [5.74, 6) is 0.730. The highest BCUT2D eigenvalue weighted by molar-refractivity contribution is 6.03. The van der Waals surface area contributed by atoms with Crippen LogP contribution in [0.2, 0.25) is 0 Å². The first-order valence-corrected chi connectivity index (χ1v) is 10.7. The molecule has 0 spiro atoms. The van der Waals surface area contributed by atoms with Crippen LogP contribution in [0.3, 0.4) is 0 Å². The molecule has 2 aliphatic rings. The van der Waals surface area contributed by atoms with Crippen LogP contribution in [0.5, 0.6) is 0 Å². The number of hydrogen-bond acceptors (Lipinski definition) is 4. The minimum absolute atomic E-state index is 0.0181. The molecule has 8 heteroatoms. The van der Waals surface area contributed by atoms with Gasteiger partial charge in [0.1, 0.15) is 5.76 Å². The second-order valence-electron chi connectivity index (χ2n) is 8.34. The average molecular weight is 432 g/mol. The number of piperidine rings is 1. The van der Waals surface area contributed by atoms with Crippen molar-refractivity contribution in [3.63, 3.8) is 0 Å². The predicted molar refractivity (Wildman–Crippen MR) is 118 cm³/mol. The number of aromatic nitrogens is 1. The van der Waals surface area contributed by atoms with E-state index in [0.717, 1.165) is 12.1 Å². The number of hydrogen-bond donors (Lipinski definition) is 2. The first kappa shape index (κ1) is 20.1. The van der Waals surface area contributed by atoms with Gasteiger partial charge in [0.25, 0.3) is 11.5 Å². The fourth-order valence-corrected chi connectivity index (χ4v) is 4.72. The lowest BCUT2D eigenvalue weighted by Gasteiger charge is -2.42. The van der Waals surface area contributed by atoms with Crippen LogP contribution >= 0.6 is 0 Å². The summed E-state index contributed by atoms with van der Waals surface area (Å²) in [5, 5.41) is 5.73. The van der Waals surface area contributed by atoms with E-state index in [-0.39, 0.29) is 35.9 Å². The molecule has 1 fully saturated rings. The average Bonchev–Trinajstić information content (AvgIpc) is 3.32. The Bertz CT molecular complexity index is 1200. The lowest BCUT2D eigenvalue weighted by atomic mass is 9.83. The summed E-state index contributed by atoms with van der Waals surface area (Å²) in [5.41, 5.74) is 1.86. The fraction of sp³-hybridized carbons (Fsp3) is 0.292. The van der Waals surface area contributed by atoms with Gasteiger partial charge in [0.15, 0.2) is 0 Å². The molecule has 1 unspecified atom stereocenters. The van der Waals surface area contributed by atoms with E-state index in [4.69, 9.17) is 4.42 Å². The SMILES string of the molecule is O=C(NCc1ccco1)c1ccccc1NC(=O)N1CC2C[C@H](C1)Cn1c2cccc1=O. The monoisotopic (exact) mass is 432 g/mol. The molecule has 3 amide bonds. The molecule has 1 aromatic carbocycles. The van der Waals surface area contributed by atoms with Crippen molar-refractivity contribution in [3.05, 3.63) is 88.2 Å². The number of rotatable bonds is 4. The first-order chi connectivity index (χ1) is 15.6. The third kappa shape index (κ3) is 3.91. The van der Waals surface area contributed by atoms with E-state index in [1.54, 1.807) is 59.7 Å². The van der Waals surface area contributed by atoms with Crippen LogP contribution in [0.1, 0.15) is 34.2 Å². The highest BCUT2D eigenvalue weighted by Crippen LogP contribution is 2.35. The summed E-state index contributed by atoms with van der Waals surface area (Å²) >= 11 is 0. The van der Waals surface area contributed by atoms with E-state index >= 15 is 0 Å². The molecule has 5 rings (SSSR count). The zero-order valence-corrected chi connectivity index (χ0v) is 17.5. The summed E-state index contributed by atoms with van der Waals surface area (Å²) < 4.78 is 7.09. The van der Waals surface area contributed by atoms with Crippen LogP contribution in [-0.2, 0) is 13.1 Å². The highest BCUT2D eigenvalue weighted by Gasteiger charge is 2.36. The third-order valence-corrected chi connectivity index (χ3v) is 6.18. The molecule has 0 aliphatic carbocycles. The minimum Gasteiger partial charge on any atom is -0.467 e. The maximum Gasteiger partial charge on any atom is 0.321 e. The van der Waals surface area contributed by atoms with Crippen molar-refractivity contribution >= 4 is 17.6 Å². The molecular weight excluding hydrogens is 408 g/mol. The summed E-state index contributed by atoms with van der Waals surface area (Å²) in [7, 11) is 0. The number of fused-ring (bicyclic) bond motifs is 4. The number of anilines is 1. The molecule has 1 saturated heterocycles. The van der Waals surface area contributed by atoms with Crippen molar-refractivity contribution in [1.29, 1.82) is 0 Å². The molecule has 2 N–H and O–H groups in total. The number of para-hydroxylation sites is 1. The van der Waals surface area contributed by atoms with Gasteiger partial charge in [0.2, 0.25) is 0 Å². The third-order valence-electron chi connectivity index (χ3n) is 6.18. The van der Waals surface area contributed by atoms with Crippen molar-refractivity contribution < 1.29 is 14.0 Å². The highest BCUT2D eigenvalue weighted by atomic mass is 16.3. The quantitative estimate of drug-likeness (QED) is 0.662. The van der Waals surface area contributed by atoms with Crippen LogP contribution in [0, 0.1) is 5.92 Å². The normalized spacial score (nSPS) is 19.2. The van der Waals surface area contributed by atoms with Gasteiger partial charge >= 0.3 is 6.03 Å². The van der Waals surface area contributed by atoms with Gasteiger partial charge in [-0.15, -0.1) is 0 Å². The lowest BCUT2D eigenvalue weighted by Crippen LogP contribution is -2.50. The predicted octanol–water partition coefficient (Wildman–Crippen LogP) is 3.02. The molecule has 32 heavy (non-hydrogen) atoms. The molecule has 4 heterocycles. The van der Waals surface area contributed by atoms with E-state index in [1.807, 2.05) is 10.6 Å². The topological polar surface area (TPSA) is 96.6 Å². The summed E-state index contributed by atoms with van der Waals surface area (Å²) in [6, 6.07) is 15.6. The van der Waals surface area contributed by atoms with Crippen LogP contribution in [-0.4, -0.2) is 34.5 Å². The van der Waals surface area contributed by atoms with Gasteiger partial charge in [0.05, 0.1) is 24.1 Å². The van der Waals surface area contributed by atoms with Crippen molar-refractivity contribution in [2.24, 2.45) is 5.92 Å². The number of amides is 3. The van der Waals surface area contributed by atoms with Crippen molar-refractivity contribution in [2.45, 2.75) is 25.4 Å². The molecule has 2 aromatic heterocycles. The zero-order valence-electron chi connectivity index (χ0n) is 17.5. The Morgan fingerprint density at radius 2 is 1.88 bits per heavy atom. The minimum atomic E-state index is -0.291. The van der Waals surface area contributed by atoms with Crippen molar-refractivity contribution in [1.82, 2.24) is 14.8 Å². The molecule has 2 atom stereocenters. The molecule has 3 aromatic rings. The number of furan rings is 1. The van der Waals surface area contributed by atoms with Gasteiger partial charge < -0.3 is 24.5 Å². The number of likely N-dealkylation sites (tertiary alicyclic amines) is 1. The van der Waals surface area contributed by atoms with Crippen molar-refractivity contribution in [3.8, 4) is 0 Å². The van der Waals surface area contributed by atoms with E-state index in [2.05, 4.69) is 10.6 Å². The molecule has 2 aliphatic heterocycles. The maximum atomic E-state index is 13.1. The van der Waals surface area contributed by atoms with E-state index in [0.29, 0.717) is 36.6 Å². The Kier molecular flexibility index (Phi) is 5.26. The number of nitrogens with zero attached hydrogens (tertiary/aromatic N) is 2. The van der Waals surface area contributed by atoms with Gasteiger partial charge in [-0.2, -0.15) is 0 Å². The number of carbonyl (C=O) groups is 2. The van der Waals surface area contributed by atoms with E-state index in [9.17, 15) is 14.4 Å². The van der Waals surface area contributed by atoms with Gasteiger partial charge in [-0.1, -0.05) is 18.2 Å². The number of pyridine rings is 1. The Balaban J connectivity index is 1.29. The molecule has 0 radical (unpaired) electrons. The number of urea groups is 1. The van der Waals surface area contributed by atoms with E-state index in [1.165, 1.54) is 0 Å². The second kappa shape index (κ2) is 8.37. The van der Waals surface area contributed by atoms with Gasteiger partial charge in [-0.25, -0.2) is 4.79 Å². The standard InChI is InChI=1S/C24H24N4O4/c29-22-9-3-8-21-17-11-16(14-28(21)22)13-27(15-17)24(31)26-20-7-2-1-6-19(20)23(30)25-12-18-5-4-10-32-18/h1-10,16-17H,11-15H2,(H,25,30)(H,26,31)/t16-,17?/m1/s1. The smallest absolute Gasteiger partial charge is 0.321 e. The Labute approximate surface area is 184 Å². The molecule has 164 valence electrons. The Hall–Kier alpha value is -3.81. The Morgan fingerprint density at radius 3 is 2.72 bits per heavy atom. The number of nitrogens with one attached hydrogen (secondary N) is 2. The van der Waals surface area contributed by atoms with Gasteiger partial charge in [-0.05, 0) is 42.7 Å². The van der Waals surface area contributed by atoms with Crippen molar-refractivity contribution in [2.75, 3.05) is 18.4 Å². The second-order valence-corrected chi connectivity index (χ2v) is 8.34. The summed E-state index contributed by atoms with van der Waals surface area (Å²) in [6.45, 7) is 2.01. The van der Waals surface area contributed by atoms with Crippen LogP contribution in [0.15, 0.2) is 70.1 Å². The van der Waals surface area contributed by atoms with Gasteiger partial charge in [-0.3, -0.25) is 9.59 Å². The van der Waals surface area contributed by atoms with Crippen LogP contribution in [0.4, 0.5) is 10.5 Å². The molecule has 8 nitrogen and oxygen atoms in total. The summed E-state index contributed by atoms with van der Waals surface area (Å²) in [4.78, 5) is 39.8. The molecular formula is C24H24N4O4. The largest absolute Gasteiger partial charge is 0.467 e. The first-order valence-electron chi connectivity index (χ1n) is 10.7. The fourth-order valence-electron chi connectivity index (χ4n) is 4.72. The van der Waals surface area contributed by atoms with Crippen LogP contribution in [0.25, 0.3) is 0 Å². The molecule has 2 bridgehead atoms. The summed E-state index contributed by atoms with van der Waals surface area (Å²) in [6.07, 6.45) is 2.53. The Morgan fingerprint density at radius 1 is 1.00 bits per heavy atom. The van der Waals surface area contributed by atoms with Crippen LogP contribution < -0.4 is 16.2 Å². The van der Waals surface area contributed by atoms with Gasteiger partial charge in [0, 0.05) is 37.3 Å². The maximum absolute atomic E-state index is 13.1. The zero-order chi connectivity index (χ0) is 22.1. The number of carbonyl (C=O) groups excluding carboxylic acids is 2. The molecule has 0 saturated carbocycles.